The van der Waals surface area contributed by atoms with Crippen LogP contribution < -0.4 is 11.2 Å². The number of fused-ring (bicyclic) bond motifs is 1. The van der Waals surface area contributed by atoms with E-state index < -0.39 is 22.5 Å². The lowest BCUT2D eigenvalue weighted by Crippen LogP contribution is -2.39. The summed E-state index contributed by atoms with van der Waals surface area (Å²) < 4.78 is 5.19. The second kappa shape index (κ2) is 9.22. The number of thioether (sulfide) groups is 1. The van der Waals surface area contributed by atoms with Crippen molar-refractivity contribution in [3.05, 3.63) is 55.1 Å². The number of nitrogens with zero attached hydrogens (tertiary/aromatic N) is 4. The highest BCUT2D eigenvalue weighted by Crippen LogP contribution is 2.28. The molecule has 0 saturated heterocycles. The highest BCUT2D eigenvalue weighted by Gasteiger charge is 2.25. The molecule has 1 unspecified atom stereocenters. The van der Waals surface area contributed by atoms with E-state index in [1.54, 1.807) is 18.5 Å². The van der Waals surface area contributed by atoms with Gasteiger partial charge in [-0.15, -0.1) is 0 Å². The number of carbonyl (C=O) groups is 1. The van der Waals surface area contributed by atoms with Gasteiger partial charge in [0, 0.05) is 18.1 Å². The summed E-state index contributed by atoms with van der Waals surface area (Å²) >= 11 is 4.55. The van der Waals surface area contributed by atoms with Gasteiger partial charge in [0.15, 0.2) is 16.3 Å². The van der Waals surface area contributed by atoms with Gasteiger partial charge in [0.2, 0.25) is 0 Å². The quantitative estimate of drug-likeness (QED) is 0.483. The first-order valence-corrected chi connectivity index (χ1v) is 11.3. The highest BCUT2D eigenvalue weighted by atomic mass is 79.9. The fourth-order valence-corrected chi connectivity index (χ4v) is 4.65. The number of hydrogen-bond acceptors (Lipinski definition) is 5. The Labute approximate surface area is 185 Å². The Hall–Kier alpha value is -2.33. The SMILES string of the molecule is CCCn1c(=O)c2c(nc(SC(CC)C(=O)O)n2Cc2cccc(Br)c2)n(C)c1=O. The number of aryl methyl sites for hydroxylation is 1. The van der Waals surface area contributed by atoms with Crippen molar-refractivity contribution in [1.82, 2.24) is 18.7 Å². The number of carboxylic acid groups (broad SMARTS) is 1. The van der Waals surface area contributed by atoms with E-state index in [1.165, 1.54) is 9.13 Å². The summed E-state index contributed by atoms with van der Waals surface area (Å²) in [7, 11) is 1.58. The maximum absolute atomic E-state index is 13.2. The smallest absolute Gasteiger partial charge is 0.332 e. The largest absolute Gasteiger partial charge is 0.480 e. The zero-order valence-electron chi connectivity index (χ0n) is 17.0. The van der Waals surface area contributed by atoms with Crippen molar-refractivity contribution in [2.24, 2.45) is 7.05 Å². The van der Waals surface area contributed by atoms with Gasteiger partial charge in [0.1, 0.15) is 5.25 Å². The standard InChI is InChI=1S/C20H23BrN4O4S/c1-4-9-24-17(26)15-16(23(3)20(24)29)22-19(30-14(5-2)18(27)28)25(15)11-12-7-6-8-13(21)10-12/h6-8,10,14H,4-5,9,11H2,1-3H3,(H,27,28). The van der Waals surface area contributed by atoms with Gasteiger partial charge in [-0.2, -0.15) is 0 Å². The van der Waals surface area contributed by atoms with Crippen LogP contribution in [0, 0.1) is 0 Å². The topological polar surface area (TPSA) is 99.1 Å². The second-order valence-electron chi connectivity index (χ2n) is 6.93. The fourth-order valence-electron chi connectivity index (χ4n) is 3.26. The van der Waals surface area contributed by atoms with Crippen LogP contribution in [0.15, 0.2) is 43.5 Å². The van der Waals surface area contributed by atoms with Crippen molar-refractivity contribution in [1.29, 1.82) is 0 Å². The number of halogens is 1. The molecule has 8 nitrogen and oxygen atoms in total. The van der Waals surface area contributed by atoms with Gasteiger partial charge in [0.05, 0.1) is 6.54 Å². The first-order chi connectivity index (χ1) is 14.3. The van der Waals surface area contributed by atoms with Crippen LogP contribution in [-0.4, -0.2) is 35.0 Å². The summed E-state index contributed by atoms with van der Waals surface area (Å²) in [6.07, 6.45) is 1.04. The lowest BCUT2D eigenvalue weighted by Gasteiger charge is -2.13. The number of benzene rings is 1. The molecular formula is C20H23BrN4O4S. The van der Waals surface area contributed by atoms with E-state index in [0.29, 0.717) is 36.6 Å². The van der Waals surface area contributed by atoms with E-state index in [1.807, 2.05) is 31.2 Å². The zero-order valence-corrected chi connectivity index (χ0v) is 19.4. The monoisotopic (exact) mass is 494 g/mol. The summed E-state index contributed by atoms with van der Waals surface area (Å²) in [4.78, 5) is 42.0. The molecule has 0 saturated carbocycles. The van der Waals surface area contributed by atoms with Crippen LogP contribution in [0.3, 0.4) is 0 Å². The molecule has 10 heteroatoms. The predicted octanol–water partition coefficient (Wildman–Crippen LogP) is 3.07. The highest BCUT2D eigenvalue weighted by molar-refractivity contribution is 9.10. The summed E-state index contributed by atoms with van der Waals surface area (Å²) in [5, 5.41) is 9.20. The molecule has 0 radical (unpaired) electrons. The Morgan fingerprint density at radius 1 is 1.27 bits per heavy atom. The van der Waals surface area contributed by atoms with Gasteiger partial charge in [-0.05, 0) is 30.5 Å². The van der Waals surface area contributed by atoms with Crippen LogP contribution in [0.4, 0.5) is 0 Å². The molecule has 0 spiro atoms. The third-order valence-electron chi connectivity index (χ3n) is 4.77. The Morgan fingerprint density at radius 2 is 2.00 bits per heavy atom. The van der Waals surface area contributed by atoms with E-state index in [9.17, 15) is 19.5 Å². The van der Waals surface area contributed by atoms with Crippen LogP contribution in [-0.2, 0) is 24.9 Å². The predicted molar refractivity (Wildman–Crippen MR) is 120 cm³/mol. The van der Waals surface area contributed by atoms with Crippen molar-refractivity contribution >= 4 is 44.8 Å². The maximum atomic E-state index is 13.2. The molecule has 30 heavy (non-hydrogen) atoms. The van der Waals surface area contributed by atoms with Crippen molar-refractivity contribution in [3.63, 3.8) is 0 Å². The average Bonchev–Trinajstić information content (AvgIpc) is 3.05. The molecule has 1 atom stereocenters. The van der Waals surface area contributed by atoms with Gasteiger partial charge in [-0.3, -0.25) is 18.7 Å². The van der Waals surface area contributed by atoms with Gasteiger partial charge in [0.25, 0.3) is 5.56 Å². The number of hydrogen-bond donors (Lipinski definition) is 1. The summed E-state index contributed by atoms with van der Waals surface area (Å²) in [5.74, 6) is -0.944. The molecule has 1 N–H and O–H groups in total. The molecule has 0 fully saturated rings. The van der Waals surface area contributed by atoms with Gasteiger partial charge >= 0.3 is 11.7 Å². The number of aliphatic carboxylic acids is 1. The third kappa shape index (κ3) is 4.24. The van der Waals surface area contributed by atoms with E-state index in [4.69, 9.17) is 0 Å². The van der Waals surface area contributed by atoms with Gasteiger partial charge in [-0.25, -0.2) is 9.78 Å². The summed E-state index contributed by atoms with van der Waals surface area (Å²) in [6.45, 7) is 4.32. The molecule has 3 aromatic rings. The van der Waals surface area contributed by atoms with Crippen LogP contribution >= 0.6 is 27.7 Å². The van der Waals surface area contributed by atoms with Crippen molar-refractivity contribution in [3.8, 4) is 0 Å². The number of imidazole rings is 1. The normalized spacial score (nSPS) is 12.4. The minimum atomic E-state index is -0.944. The summed E-state index contributed by atoms with van der Waals surface area (Å²) in [6, 6.07) is 7.65. The molecule has 0 aliphatic carbocycles. The lowest BCUT2D eigenvalue weighted by molar-refractivity contribution is -0.136. The van der Waals surface area contributed by atoms with Crippen molar-refractivity contribution in [2.75, 3.05) is 0 Å². The van der Waals surface area contributed by atoms with E-state index >= 15 is 0 Å². The molecule has 1 aromatic carbocycles. The van der Waals surface area contributed by atoms with Crippen LogP contribution in [0.2, 0.25) is 0 Å². The molecule has 3 rings (SSSR count). The van der Waals surface area contributed by atoms with E-state index in [2.05, 4.69) is 20.9 Å². The minimum absolute atomic E-state index is 0.259. The molecular weight excluding hydrogens is 472 g/mol. The lowest BCUT2D eigenvalue weighted by atomic mass is 10.2. The first-order valence-electron chi connectivity index (χ1n) is 9.62. The fraction of sp³-hybridized carbons (Fsp3) is 0.400. The van der Waals surface area contributed by atoms with Crippen LogP contribution in [0.5, 0.6) is 0 Å². The minimum Gasteiger partial charge on any atom is -0.480 e. The zero-order chi connectivity index (χ0) is 22.0. The Bertz CT molecular complexity index is 1210. The first kappa shape index (κ1) is 22.4. The number of aromatic nitrogens is 4. The Balaban J connectivity index is 2.29. The molecule has 0 aliphatic heterocycles. The van der Waals surface area contributed by atoms with Crippen LogP contribution in [0.1, 0.15) is 32.3 Å². The maximum Gasteiger partial charge on any atom is 0.332 e. The van der Waals surface area contributed by atoms with Crippen LogP contribution in [0.25, 0.3) is 11.2 Å². The molecule has 0 aliphatic rings. The number of rotatable bonds is 8. The molecule has 0 amide bonds. The molecule has 2 aromatic heterocycles. The van der Waals surface area contributed by atoms with Gasteiger partial charge in [-0.1, -0.05) is 53.7 Å². The third-order valence-corrected chi connectivity index (χ3v) is 6.60. The molecule has 0 bridgehead atoms. The van der Waals surface area contributed by atoms with E-state index in [-0.39, 0.29) is 5.65 Å². The average molecular weight is 495 g/mol. The molecule has 2 heterocycles. The second-order valence-corrected chi connectivity index (χ2v) is 9.02. The molecule has 160 valence electrons. The van der Waals surface area contributed by atoms with Crippen molar-refractivity contribution in [2.45, 2.75) is 50.2 Å². The van der Waals surface area contributed by atoms with Gasteiger partial charge < -0.3 is 9.67 Å². The Morgan fingerprint density at radius 3 is 2.60 bits per heavy atom. The number of carboxylic acids is 1. The van der Waals surface area contributed by atoms with Crippen molar-refractivity contribution < 1.29 is 9.90 Å². The summed E-state index contributed by atoms with van der Waals surface area (Å²) in [5.41, 5.74) is 0.642. The van der Waals surface area contributed by atoms with E-state index in [0.717, 1.165) is 21.8 Å². The Kier molecular flexibility index (Phi) is 6.87.